The second-order valence-electron chi connectivity index (χ2n) is 7.59. The number of aromatic nitrogens is 2. The molecule has 180 valence electrons. The van der Waals surface area contributed by atoms with E-state index in [1.165, 1.54) is 39.6 Å². The lowest BCUT2D eigenvalue weighted by molar-refractivity contribution is -0.114. The molecule has 11 heteroatoms. The lowest BCUT2D eigenvalue weighted by Gasteiger charge is -2.12. The monoisotopic (exact) mass is 487 g/mol. The van der Waals surface area contributed by atoms with Gasteiger partial charge in [-0.3, -0.25) is 4.79 Å². The van der Waals surface area contributed by atoms with Gasteiger partial charge in [0.05, 0.1) is 26.9 Å². The van der Waals surface area contributed by atoms with E-state index in [0.29, 0.717) is 33.4 Å². The number of anilines is 1. The lowest BCUT2D eigenvalue weighted by Crippen LogP contribution is -2.13. The van der Waals surface area contributed by atoms with Gasteiger partial charge in [-0.2, -0.15) is 0 Å². The molecule has 0 atom stereocenters. The van der Waals surface area contributed by atoms with Crippen molar-refractivity contribution in [2.45, 2.75) is 39.2 Å². The van der Waals surface area contributed by atoms with E-state index < -0.39 is 5.97 Å². The van der Waals surface area contributed by atoms with E-state index in [4.69, 9.17) is 23.4 Å². The van der Waals surface area contributed by atoms with Crippen LogP contribution >= 0.6 is 11.3 Å². The molecule has 1 aliphatic carbocycles. The predicted octanol–water partition coefficient (Wildman–Crippen LogP) is 4.02. The van der Waals surface area contributed by atoms with Crippen molar-refractivity contribution in [2.24, 2.45) is 0 Å². The number of thiophene rings is 1. The zero-order valence-electron chi connectivity index (χ0n) is 19.4. The van der Waals surface area contributed by atoms with Crippen LogP contribution in [0.25, 0.3) is 11.5 Å². The average Bonchev–Trinajstić information content (AvgIpc) is 3.45. The van der Waals surface area contributed by atoms with Crippen LogP contribution in [0.2, 0.25) is 0 Å². The summed E-state index contributed by atoms with van der Waals surface area (Å²) >= 11 is 1.43. The molecule has 34 heavy (non-hydrogen) atoms. The van der Waals surface area contributed by atoms with E-state index in [2.05, 4.69) is 15.5 Å². The lowest BCUT2D eigenvalue weighted by atomic mass is 9.95. The number of ether oxygens (including phenoxy) is 4. The predicted molar refractivity (Wildman–Crippen MR) is 124 cm³/mol. The second kappa shape index (κ2) is 10.1. The number of methoxy groups -OCH3 is 3. The summed E-state index contributed by atoms with van der Waals surface area (Å²) in [6.07, 6.45) is 3.72. The highest BCUT2D eigenvalue weighted by Gasteiger charge is 2.27. The zero-order valence-corrected chi connectivity index (χ0v) is 20.2. The van der Waals surface area contributed by atoms with Gasteiger partial charge in [0.1, 0.15) is 5.00 Å². The Hall–Kier alpha value is -3.60. The molecule has 0 unspecified atom stereocenters. The number of nitrogens with zero attached hydrogens (tertiary/aromatic N) is 2. The molecule has 0 spiro atoms. The first-order valence-electron chi connectivity index (χ1n) is 10.7. The molecule has 0 aliphatic heterocycles. The first kappa shape index (κ1) is 23.6. The Kier molecular flexibility index (Phi) is 7.01. The number of rotatable bonds is 8. The molecule has 1 N–H and O–H groups in total. The molecule has 0 radical (unpaired) electrons. The molecule has 1 aliphatic rings. The molecule has 0 bridgehead atoms. The third-order valence-corrected chi connectivity index (χ3v) is 6.58. The number of fused-ring (bicyclic) bond motifs is 1. The normalized spacial score (nSPS) is 12.6. The molecule has 3 aromatic rings. The standard InChI is InChI=1S/C23H25N3O7S/c1-12(27)24-22-19(14-7-5-6-8-17(14)34-22)23(28)32-11-18-25-26-21(33-18)13-9-15(29-2)20(31-4)16(10-13)30-3/h9-10H,5-8,11H2,1-4H3,(H,24,27). The van der Waals surface area contributed by atoms with E-state index in [1.54, 1.807) is 12.1 Å². The minimum Gasteiger partial charge on any atom is -0.493 e. The molecule has 2 heterocycles. The van der Waals surface area contributed by atoms with Crippen LogP contribution in [-0.2, 0) is 29.0 Å². The number of amides is 1. The highest BCUT2D eigenvalue weighted by Crippen LogP contribution is 2.41. The number of carbonyl (C=O) groups excluding carboxylic acids is 2. The van der Waals surface area contributed by atoms with E-state index in [0.717, 1.165) is 36.1 Å². The maximum atomic E-state index is 13.0. The highest BCUT2D eigenvalue weighted by molar-refractivity contribution is 7.17. The van der Waals surface area contributed by atoms with Crippen LogP contribution in [0.15, 0.2) is 16.5 Å². The summed E-state index contributed by atoms with van der Waals surface area (Å²) in [6.45, 7) is 1.21. The molecule has 2 aromatic heterocycles. The maximum absolute atomic E-state index is 13.0. The van der Waals surface area contributed by atoms with Gasteiger partial charge >= 0.3 is 5.97 Å². The largest absolute Gasteiger partial charge is 0.493 e. The molecule has 0 fully saturated rings. The van der Waals surface area contributed by atoms with E-state index in [-0.39, 0.29) is 24.3 Å². The minimum absolute atomic E-state index is 0.127. The Bertz CT molecular complexity index is 1190. The zero-order chi connectivity index (χ0) is 24.2. The van der Waals surface area contributed by atoms with Crippen LogP contribution in [0, 0.1) is 0 Å². The number of benzene rings is 1. The summed E-state index contributed by atoms with van der Waals surface area (Å²) < 4.78 is 27.2. The van der Waals surface area contributed by atoms with E-state index in [9.17, 15) is 9.59 Å². The summed E-state index contributed by atoms with van der Waals surface area (Å²) in [7, 11) is 4.54. The van der Waals surface area contributed by atoms with Crippen LogP contribution in [0.4, 0.5) is 5.00 Å². The molecular formula is C23H25N3O7S. The number of aryl methyl sites for hydroxylation is 1. The minimum atomic E-state index is -0.532. The molecule has 10 nitrogen and oxygen atoms in total. The van der Waals surface area contributed by atoms with Gasteiger partial charge < -0.3 is 28.7 Å². The fourth-order valence-electron chi connectivity index (χ4n) is 3.86. The quantitative estimate of drug-likeness (QED) is 0.469. The van der Waals surface area contributed by atoms with Gasteiger partial charge in [-0.1, -0.05) is 0 Å². The first-order valence-corrected chi connectivity index (χ1v) is 11.5. The summed E-state index contributed by atoms with van der Waals surface area (Å²) in [5.74, 6) is 0.887. The molecule has 0 saturated heterocycles. The van der Waals surface area contributed by atoms with Crippen molar-refractivity contribution >= 4 is 28.2 Å². The van der Waals surface area contributed by atoms with Gasteiger partial charge in [-0.15, -0.1) is 21.5 Å². The SMILES string of the molecule is COc1cc(-c2nnc(COC(=O)c3c(NC(C)=O)sc4c3CCCC4)o2)cc(OC)c1OC. The molecule has 0 saturated carbocycles. The van der Waals surface area contributed by atoms with Crippen molar-refractivity contribution in [1.82, 2.24) is 10.2 Å². The molecule has 1 amide bonds. The van der Waals surface area contributed by atoms with Crippen LogP contribution in [-0.4, -0.2) is 43.4 Å². The van der Waals surface area contributed by atoms with Crippen LogP contribution in [0.1, 0.15) is 46.5 Å². The highest BCUT2D eigenvalue weighted by atomic mass is 32.1. The maximum Gasteiger partial charge on any atom is 0.341 e. The summed E-state index contributed by atoms with van der Waals surface area (Å²) in [6, 6.07) is 3.37. The van der Waals surface area contributed by atoms with Crippen LogP contribution in [0.5, 0.6) is 17.2 Å². The Balaban J connectivity index is 1.53. The van der Waals surface area contributed by atoms with Crippen molar-refractivity contribution in [1.29, 1.82) is 0 Å². The molecule has 1 aromatic carbocycles. The van der Waals surface area contributed by atoms with Gasteiger partial charge in [0.15, 0.2) is 18.1 Å². The Morgan fingerprint density at radius 2 is 1.76 bits per heavy atom. The van der Waals surface area contributed by atoms with Gasteiger partial charge in [0, 0.05) is 17.4 Å². The Labute approximate surface area is 200 Å². The van der Waals surface area contributed by atoms with Gasteiger partial charge in [0.25, 0.3) is 5.89 Å². The van der Waals surface area contributed by atoms with Gasteiger partial charge in [-0.05, 0) is 43.4 Å². The number of carbonyl (C=O) groups is 2. The van der Waals surface area contributed by atoms with E-state index in [1.807, 2.05) is 0 Å². The van der Waals surface area contributed by atoms with Crippen molar-refractivity contribution in [3.05, 3.63) is 34.0 Å². The Morgan fingerprint density at radius 1 is 1.06 bits per heavy atom. The second-order valence-corrected chi connectivity index (χ2v) is 8.69. The van der Waals surface area contributed by atoms with Crippen LogP contribution in [0.3, 0.4) is 0 Å². The number of nitrogens with one attached hydrogen (secondary N) is 1. The molecular weight excluding hydrogens is 462 g/mol. The van der Waals surface area contributed by atoms with E-state index >= 15 is 0 Å². The fraction of sp³-hybridized carbons (Fsp3) is 0.391. The number of esters is 1. The number of hydrogen-bond acceptors (Lipinski definition) is 10. The smallest absolute Gasteiger partial charge is 0.341 e. The summed E-state index contributed by atoms with van der Waals surface area (Å²) in [5.41, 5.74) is 1.92. The van der Waals surface area contributed by atoms with Gasteiger partial charge in [0.2, 0.25) is 17.5 Å². The average molecular weight is 488 g/mol. The summed E-state index contributed by atoms with van der Waals surface area (Å²) in [5, 5.41) is 11.3. The van der Waals surface area contributed by atoms with Crippen molar-refractivity contribution in [3.8, 4) is 28.7 Å². The topological polar surface area (TPSA) is 122 Å². The van der Waals surface area contributed by atoms with Crippen LogP contribution < -0.4 is 19.5 Å². The number of hydrogen-bond donors (Lipinski definition) is 1. The van der Waals surface area contributed by atoms with Gasteiger partial charge in [-0.25, -0.2) is 4.79 Å². The summed E-state index contributed by atoms with van der Waals surface area (Å²) in [4.78, 5) is 25.7. The third kappa shape index (κ3) is 4.69. The Morgan fingerprint density at radius 3 is 2.41 bits per heavy atom. The van der Waals surface area contributed by atoms with Crippen molar-refractivity contribution in [2.75, 3.05) is 26.6 Å². The van der Waals surface area contributed by atoms with Crippen molar-refractivity contribution in [3.63, 3.8) is 0 Å². The first-order chi connectivity index (χ1) is 16.4. The molecule has 4 rings (SSSR count). The third-order valence-electron chi connectivity index (χ3n) is 5.37. The fourth-order valence-corrected chi connectivity index (χ4v) is 5.19. The van der Waals surface area contributed by atoms with Crippen molar-refractivity contribution < 1.29 is 33.0 Å².